The van der Waals surface area contributed by atoms with Gasteiger partial charge in [-0.25, -0.2) is 0 Å². The van der Waals surface area contributed by atoms with Crippen LogP contribution in [0, 0.1) is 5.92 Å². The summed E-state index contributed by atoms with van der Waals surface area (Å²) < 4.78 is 47.8. The highest BCUT2D eigenvalue weighted by Gasteiger charge is 2.51. The van der Waals surface area contributed by atoms with Gasteiger partial charge in [0.15, 0.2) is 11.0 Å². The maximum atomic E-state index is 12.8. The molecule has 0 aliphatic heterocycles. The molecule has 22 heavy (non-hydrogen) atoms. The molecule has 0 fully saturated rings. The molecule has 6 nitrogen and oxygen atoms in total. The first-order valence-corrected chi connectivity index (χ1v) is 6.46. The highest BCUT2D eigenvalue weighted by molar-refractivity contribution is 7.80. The summed E-state index contributed by atoms with van der Waals surface area (Å²) >= 11 is 4.58. The van der Waals surface area contributed by atoms with Gasteiger partial charge in [0, 0.05) is 0 Å². The van der Waals surface area contributed by atoms with Gasteiger partial charge in [0.2, 0.25) is 0 Å². The van der Waals surface area contributed by atoms with E-state index in [-0.39, 0.29) is 12.4 Å². The molecule has 122 valence electrons. The van der Waals surface area contributed by atoms with Crippen molar-refractivity contribution in [3.8, 4) is 0 Å². The highest BCUT2D eigenvalue weighted by atomic mass is 32.1. The van der Waals surface area contributed by atoms with Gasteiger partial charge < -0.3 is 20.2 Å². The molecule has 10 heteroatoms. The highest BCUT2D eigenvalue weighted by Crippen LogP contribution is 2.31. The number of hydrogen-bond acceptors (Lipinski definition) is 5. The molecule has 1 aromatic rings. The third-order valence-corrected chi connectivity index (χ3v) is 2.70. The minimum Gasteiger partial charge on any atom is -0.467 e. The first kappa shape index (κ1) is 18.0. The molecule has 0 amide bonds. The number of carbonyl (C=O) groups excluding carboxylic acids is 2. The number of ketones is 1. The molecule has 0 aliphatic rings. The van der Waals surface area contributed by atoms with Gasteiger partial charge in [-0.3, -0.25) is 9.59 Å². The SMILES string of the molecule is CCOC(=O)C(C(=O)C(F)(F)F)C(NC(N)=S)c1ccco1. The smallest absolute Gasteiger partial charge is 0.451 e. The number of esters is 1. The molecular weight excluding hydrogens is 325 g/mol. The number of Topliss-reactive ketones (excluding diaryl/α,β-unsaturated/α-hetero) is 1. The number of ether oxygens (including phenoxy) is 1. The summed E-state index contributed by atoms with van der Waals surface area (Å²) in [5.41, 5.74) is 5.25. The molecule has 0 aromatic carbocycles. The fourth-order valence-electron chi connectivity index (χ4n) is 1.74. The van der Waals surface area contributed by atoms with Crippen molar-refractivity contribution in [2.24, 2.45) is 11.7 Å². The van der Waals surface area contributed by atoms with Crippen LogP contribution in [0.1, 0.15) is 18.7 Å². The first-order valence-electron chi connectivity index (χ1n) is 6.05. The third-order valence-electron chi connectivity index (χ3n) is 2.58. The van der Waals surface area contributed by atoms with Crippen LogP contribution in [0.3, 0.4) is 0 Å². The van der Waals surface area contributed by atoms with Crippen LogP contribution in [0.2, 0.25) is 0 Å². The lowest BCUT2D eigenvalue weighted by Crippen LogP contribution is -2.47. The van der Waals surface area contributed by atoms with E-state index in [0.717, 1.165) is 0 Å². The second-order valence-electron chi connectivity index (χ2n) is 4.09. The number of hydrogen-bond donors (Lipinski definition) is 2. The van der Waals surface area contributed by atoms with Crippen LogP contribution in [0.15, 0.2) is 22.8 Å². The predicted octanol–water partition coefficient (Wildman–Crippen LogP) is 1.46. The lowest BCUT2D eigenvalue weighted by atomic mass is 9.92. The number of alkyl halides is 3. The van der Waals surface area contributed by atoms with Crippen molar-refractivity contribution in [2.45, 2.75) is 19.1 Å². The Balaban J connectivity index is 3.27. The number of carbonyl (C=O) groups is 2. The van der Waals surface area contributed by atoms with Crippen LogP contribution in [-0.4, -0.2) is 29.6 Å². The Kier molecular flexibility index (Phi) is 5.92. The van der Waals surface area contributed by atoms with Gasteiger partial charge in [0.25, 0.3) is 5.78 Å². The van der Waals surface area contributed by atoms with Crippen LogP contribution in [-0.2, 0) is 14.3 Å². The molecular formula is C12H13F3N2O4S. The van der Waals surface area contributed by atoms with Crippen LogP contribution >= 0.6 is 12.2 Å². The Morgan fingerprint density at radius 3 is 2.55 bits per heavy atom. The molecule has 1 rings (SSSR count). The summed E-state index contributed by atoms with van der Waals surface area (Å²) in [4.78, 5) is 23.4. The van der Waals surface area contributed by atoms with Gasteiger partial charge in [-0.2, -0.15) is 13.2 Å². The van der Waals surface area contributed by atoms with Crippen molar-refractivity contribution in [3.63, 3.8) is 0 Å². The third kappa shape index (κ3) is 4.45. The monoisotopic (exact) mass is 338 g/mol. The molecule has 1 aromatic heterocycles. The number of halogens is 3. The molecule has 0 radical (unpaired) electrons. The van der Waals surface area contributed by atoms with Crippen LogP contribution < -0.4 is 11.1 Å². The van der Waals surface area contributed by atoms with Gasteiger partial charge in [0.1, 0.15) is 11.8 Å². The molecule has 0 saturated carbocycles. The first-order chi connectivity index (χ1) is 10.2. The molecule has 0 bridgehead atoms. The topological polar surface area (TPSA) is 94.6 Å². The van der Waals surface area contributed by atoms with Crippen LogP contribution in [0.4, 0.5) is 13.2 Å². The van der Waals surface area contributed by atoms with Crippen LogP contribution in [0.5, 0.6) is 0 Å². The van der Waals surface area contributed by atoms with E-state index in [4.69, 9.17) is 10.2 Å². The van der Waals surface area contributed by atoms with E-state index in [1.807, 2.05) is 0 Å². The van der Waals surface area contributed by atoms with E-state index < -0.39 is 35.0 Å². The molecule has 0 spiro atoms. The molecule has 0 aliphatic carbocycles. The predicted molar refractivity (Wildman–Crippen MR) is 72.6 cm³/mol. The maximum Gasteiger partial charge on any atom is 0.451 e. The minimum absolute atomic E-state index is 0.108. The average molecular weight is 338 g/mol. The number of furan rings is 1. The Bertz CT molecular complexity index is 545. The summed E-state index contributed by atoms with van der Waals surface area (Å²) in [6.07, 6.45) is -4.07. The fourth-order valence-corrected chi connectivity index (χ4v) is 1.87. The fraction of sp³-hybridized carbons (Fsp3) is 0.417. The molecule has 3 N–H and O–H groups in total. The zero-order chi connectivity index (χ0) is 16.9. The largest absolute Gasteiger partial charge is 0.467 e. The lowest BCUT2D eigenvalue weighted by Gasteiger charge is -2.24. The van der Waals surface area contributed by atoms with Crippen molar-refractivity contribution < 1.29 is 31.9 Å². The maximum absolute atomic E-state index is 12.8. The number of thiocarbonyl (C=S) groups is 1. The second-order valence-corrected chi connectivity index (χ2v) is 4.53. The second kappa shape index (κ2) is 7.25. The molecule has 2 unspecified atom stereocenters. The summed E-state index contributed by atoms with van der Waals surface area (Å²) in [7, 11) is 0. The number of nitrogens with two attached hydrogens (primary N) is 1. The van der Waals surface area contributed by atoms with Gasteiger partial charge in [-0.05, 0) is 31.3 Å². The molecule has 0 saturated heterocycles. The number of rotatable bonds is 6. The van der Waals surface area contributed by atoms with Crippen LogP contribution in [0.25, 0.3) is 0 Å². The van der Waals surface area contributed by atoms with Gasteiger partial charge in [0.05, 0.1) is 12.9 Å². The van der Waals surface area contributed by atoms with Crippen molar-refractivity contribution in [3.05, 3.63) is 24.2 Å². The van der Waals surface area contributed by atoms with E-state index in [1.54, 1.807) is 0 Å². The Morgan fingerprint density at radius 1 is 1.50 bits per heavy atom. The van der Waals surface area contributed by atoms with E-state index in [9.17, 15) is 22.8 Å². The van der Waals surface area contributed by atoms with Crippen molar-refractivity contribution in [1.29, 1.82) is 0 Å². The summed E-state index contributed by atoms with van der Waals surface area (Å²) in [5.74, 6) is -5.97. The Morgan fingerprint density at radius 2 is 2.14 bits per heavy atom. The van der Waals surface area contributed by atoms with E-state index >= 15 is 0 Å². The lowest BCUT2D eigenvalue weighted by molar-refractivity contribution is -0.182. The summed E-state index contributed by atoms with van der Waals surface area (Å²) in [6, 6.07) is 1.14. The van der Waals surface area contributed by atoms with Crippen molar-refractivity contribution in [1.82, 2.24) is 5.32 Å². The van der Waals surface area contributed by atoms with Gasteiger partial charge in [-0.1, -0.05) is 0 Å². The normalized spacial score (nSPS) is 14.0. The van der Waals surface area contributed by atoms with Gasteiger partial charge >= 0.3 is 12.1 Å². The summed E-state index contributed by atoms with van der Waals surface area (Å²) in [6.45, 7) is 1.20. The quantitative estimate of drug-likeness (QED) is 0.461. The van der Waals surface area contributed by atoms with Crippen molar-refractivity contribution in [2.75, 3.05) is 6.61 Å². The zero-order valence-electron chi connectivity index (χ0n) is 11.3. The van der Waals surface area contributed by atoms with E-state index in [0.29, 0.717) is 0 Å². The summed E-state index contributed by atoms with van der Waals surface area (Å²) in [5, 5.41) is 1.87. The van der Waals surface area contributed by atoms with Crippen molar-refractivity contribution >= 4 is 29.1 Å². The zero-order valence-corrected chi connectivity index (χ0v) is 12.2. The number of nitrogens with one attached hydrogen (secondary N) is 1. The Hall–Kier alpha value is -2.10. The molecule has 1 heterocycles. The average Bonchev–Trinajstić information content (AvgIpc) is 2.90. The minimum atomic E-state index is -5.24. The van der Waals surface area contributed by atoms with E-state index in [1.165, 1.54) is 25.3 Å². The standard InChI is InChI=1S/C12H13F3N2O4S/c1-2-20-10(19)7(9(18)12(13,14)15)8(17-11(16)22)6-4-3-5-21-6/h3-5,7-8H,2H2,1H3,(H3,16,17,22). The van der Waals surface area contributed by atoms with Gasteiger partial charge in [-0.15, -0.1) is 0 Å². The molecule has 2 atom stereocenters. The Labute approximate surface area is 128 Å². The van der Waals surface area contributed by atoms with E-state index in [2.05, 4.69) is 22.3 Å².